The molecule has 0 saturated carbocycles. The summed E-state index contributed by atoms with van der Waals surface area (Å²) in [6.45, 7) is 7.53. The largest absolute Gasteiger partial charge is 0.381 e. The van der Waals surface area contributed by atoms with Gasteiger partial charge >= 0.3 is 0 Å². The van der Waals surface area contributed by atoms with E-state index in [0.29, 0.717) is 17.6 Å². The van der Waals surface area contributed by atoms with Crippen LogP contribution in [0, 0.1) is 0 Å². The van der Waals surface area contributed by atoms with Crippen molar-refractivity contribution in [3.8, 4) is 0 Å². The first kappa shape index (κ1) is 10.4. The zero-order chi connectivity index (χ0) is 10.0. The van der Waals surface area contributed by atoms with Crippen LogP contribution in [0.15, 0.2) is 0 Å². The lowest BCUT2D eigenvalue weighted by molar-refractivity contribution is 0.0753. The molecule has 2 saturated heterocycles. The third-order valence-corrected chi connectivity index (χ3v) is 3.28. The Bertz CT molecular complexity index is 188. The Morgan fingerprint density at radius 3 is 2.50 bits per heavy atom. The van der Waals surface area contributed by atoms with Crippen LogP contribution >= 0.6 is 0 Å². The minimum Gasteiger partial charge on any atom is -0.381 e. The van der Waals surface area contributed by atoms with Crippen LogP contribution in [0.2, 0.25) is 0 Å². The highest BCUT2D eigenvalue weighted by Gasteiger charge is 2.31. The maximum Gasteiger partial charge on any atom is 0.0480 e. The van der Waals surface area contributed by atoms with Gasteiger partial charge < -0.3 is 15.4 Å². The van der Waals surface area contributed by atoms with Gasteiger partial charge in [-0.25, -0.2) is 0 Å². The Balaban J connectivity index is 1.75. The van der Waals surface area contributed by atoms with Crippen LogP contribution in [0.25, 0.3) is 0 Å². The predicted octanol–water partition coefficient (Wildman–Crippen LogP) is 0.895. The van der Waals surface area contributed by atoms with Gasteiger partial charge in [0.2, 0.25) is 0 Å². The molecule has 2 N–H and O–H groups in total. The summed E-state index contributed by atoms with van der Waals surface area (Å²) in [5.41, 5.74) is 0.322. The molecule has 0 aromatic carbocycles. The number of nitrogens with one attached hydrogen (secondary N) is 2. The first-order valence-electron chi connectivity index (χ1n) is 5.74. The van der Waals surface area contributed by atoms with E-state index >= 15 is 0 Å². The van der Waals surface area contributed by atoms with Crippen LogP contribution in [-0.4, -0.2) is 37.4 Å². The van der Waals surface area contributed by atoms with Gasteiger partial charge in [-0.15, -0.1) is 0 Å². The summed E-state index contributed by atoms with van der Waals surface area (Å²) in [5, 5.41) is 7.27. The summed E-state index contributed by atoms with van der Waals surface area (Å²) >= 11 is 0. The zero-order valence-corrected chi connectivity index (χ0v) is 9.31. The highest BCUT2D eigenvalue weighted by atomic mass is 16.5. The predicted molar refractivity (Wildman–Crippen MR) is 57.5 cm³/mol. The number of rotatable bonds is 2. The van der Waals surface area contributed by atoms with Gasteiger partial charge in [-0.05, 0) is 33.1 Å². The Kier molecular flexibility index (Phi) is 3.10. The van der Waals surface area contributed by atoms with E-state index in [2.05, 4.69) is 24.5 Å². The molecule has 2 rings (SSSR count). The van der Waals surface area contributed by atoms with Gasteiger partial charge in [-0.1, -0.05) is 0 Å². The molecule has 0 aromatic heterocycles. The summed E-state index contributed by atoms with van der Waals surface area (Å²) in [4.78, 5) is 0. The lowest BCUT2D eigenvalue weighted by Gasteiger charge is -2.26. The lowest BCUT2D eigenvalue weighted by atomic mass is 10.00. The van der Waals surface area contributed by atoms with Crippen LogP contribution < -0.4 is 10.6 Å². The standard InChI is InChI=1S/C11H22N2O/c1-11(2)7-10(8-12-11)13-9-3-5-14-6-4-9/h9-10,12-13H,3-8H2,1-2H3. The summed E-state index contributed by atoms with van der Waals surface area (Å²) in [6, 6.07) is 1.34. The average Bonchev–Trinajstić information content (AvgIpc) is 2.47. The van der Waals surface area contributed by atoms with E-state index in [1.54, 1.807) is 0 Å². The minimum absolute atomic E-state index is 0.322. The summed E-state index contributed by atoms with van der Waals surface area (Å²) in [5.74, 6) is 0. The second-order valence-corrected chi connectivity index (χ2v) is 5.22. The third-order valence-electron chi connectivity index (χ3n) is 3.28. The molecule has 2 fully saturated rings. The number of hydrogen-bond acceptors (Lipinski definition) is 3. The molecule has 2 aliphatic heterocycles. The molecule has 2 aliphatic rings. The third kappa shape index (κ3) is 2.69. The molecule has 0 aliphatic carbocycles. The van der Waals surface area contributed by atoms with Gasteiger partial charge in [0.05, 0.1) is 0 Å². The van der Waals surface area contributed by atoms with E-state index in [-0.39, 0.29) is 0 Å². The molecule has 1 unspecified atom stereocenters. The van der Waals surface area contributed by atoms with Gasteiger partial charge in [-0.3, -0.25) is 0 Å². The molecule has 3 nitrogen and oxygen atoms in total. The molecule has 0 radical (unpaired) electrons. The van der Waals surface area contributed by atoms with Gasteiger partial charge in [-0.2, -0.15) is 0 Å². The Morgan fingerprint density at radius 2 is 1.93 bits per heavy atom. The molecular formula is C11H22N2O. The van der Waals surface area contributed by atoms with E-state index in [4.69, 9.17) is 4.74 Å². The van der Waals surface area contributed by atoms with Crippen LogP contribution in [0.5, 0.6) is 0 Å². The van der Waals surface area contributed by atoms with E-state index in [9.17, 15) is 0 Å². The minimum atomic E-state index is 0.322. The molecule has 1 atom stereocenters. The van der Waals surface area contributed by atoms with E-state index in [0.717, 1.165) is 19.8 Å². The molecule has 0 spiro atoms. The average molecular weight is 198 g/mol. The highest BCUT2D eigenvalue weighted by molar-refractivity contribution is 4.94. The second kappa shape index (κ2) is 4.17. The summed E-state index contributed by atoms with van der Waals surface area (Å²) in [7, 11) is 0. The maximum atomic E-state index is 5.35. The van der Waals surface area contributed by atoms with Gasteiger partial charge in [0.15, 0.2) is 0 Å². The highest BCUT2D eigenvalue weighted by Crippen LogP contribution is 2.19. The van der Waals surface area contributed by atoms with E-state index < -0.39 is 0 Å². The molecule has 82 valence electrons. The molecule has 2 heterocycles. The first-order chi connectivity index (χ1) is 6.66. The quantitative estimate of drug-likeness (QED) is 0.691. The van der Waals surface area contributed by atoms with Crippen molar-refractivity contribution in [1.29, 1.82) is 0 Å². The fourth-order valence-corrected chi connectivity index (χ4v) is 2.48. The Morgan fingerprint density at radius 1 is 1.21 bits per heavy atom. The fourth-order valence-electron chi connectivity index (χ4n) is 2.48. The molecule has 0 amide bonds. The molecular weight excluding hydrogens is 176 g/mol. The van der Waals surface area contributed by atoms with Crippen LogP contribution in [0.4, 0.5) is 0 Å². The van der Waals surface area contributed by atoms with Crippen molar-refractivity contribution in [2.75, 3.05) is 19.8 Å². The van der Waals surface area contributed by atoms with Crippen molar-refractivity contribution < 1.29 is 4.74 Å². The SMILES string of the molecule is CC1(C)CC(NC2CCOCC2)CN1. The van der Waals surface area contributed by atoms with Crippen molar-refractivity contribution >= 4 is 0 Å². The van der Waals surface area contributed by atoms with Crippen molar-refractivity contribution in [2.45, 2.75) is 50.7 Å². The van der Waals surface area contributed by atoms with Crippen molar-refractivity contribution in [3.05, 3.63) is 0 Å². The normalized spacial score (nSPS) is 33.4. The van der Waals surface area contributed by atoms with Crippen LogP contribution in [0.1, 0.15) is 33.1 Å². The molecule has 0 aromatic rings. The second-order valence-electron chi connectivity index (χ2n) is 5.22. The fraction of sp³-hybridized carbons (Fsp3) is 1.00. The summed E-state index contributed by atoms with van der Waals surface area (Å²) < 4.78 is 5.35. The first-order valence-corrected chi connectivity index (χ1v) is 5.74. The van der Waals surface area contributed by atoms with E-state index in [1.807, 2.05) is 0 Å². The van der Waals surface area contributed by atoms with Crippen LogP contribution in [-0.2, 0) is 4.74 Å². The van der Waals surface area contributed by atoms with Crippen molar-refractivity contribution in [1.82, 2.24) is 10.6 Å². The molecule has 14 heavy (non-hydrogen) atoms. The number of ether oxygens (including phenoxy) is 1. The van der Waals surface area contributed by atoms with Crippen LogP contribution in [0.3, 0.4) is 0 Å². The Hall–Kier alpha value is -0.120. The topological polar surface area (TPSA) is 33.3 Å². The molecule has 3 heteroatoms. The van der Waals surface area contributed by atoms with Crippen molar-refractivity contribution in [2.24, 2.45) is 0 Å². The monoisotopic (exact) mass is 198 g/mol. The van der Waals surface area contributed by atoms with Gasteiger partial charge in [0.25, 0.3) is 0 Å². The zero-order valence-electron chi connectivity index (χ0n) is 9.31. The van der Waals surface area contributed by atoms with Crippen molar-refractivity contribution in [3.63, 3.8) is 0 Å². The van der Waals surface area contributed by atoms with Gasteiger partial charge in [0.1, 0.15) is 0 Å². The smallest absolute Gasteiger partial charge is 0.0480 e. The van der Waals surface area contributed by atoms with E-state index in [1.165, 1.54) is 19.3 Å². The number of hydrogen-bond donors (Lipinski definition) is 2. The summed E-state index contributed by atoms with van der Waals surface area (Å²) in [6.07, 6.45) is 3.60. The lowest BCUT2D eigenvalue weighted by Crippen LogP contribution is -2.42. The molecule has 0 bridgehead atoms. The Labute approximate surface area is 86.6 Å². The van der Waals surface area contributed by atoms with Gasteiger partial charge in [0, 0.05) is 37.4 Å². The maximum absolute atomic E-state index is 5.35.